The Labute approximate surface area is 105 Å². The van der Waals surface area contributed by atoms with Crippen LogP contribution >= 0.6 is 0 Å². The minimum atomic E-state index is -3.24. The maximum atomic E-state index is 11.6. The van der Waals surface area contributed by atoms with Crippen molar-refractivity contribution in [3.8, 4) is 0 Å². The molecule has 1 atom stereocenters. The highest BCUT2D eigenvalue weighted by molar-refractivity contribution is 7.89. The second kappa shape index (κ2) is 5.48. The van der Waals surface area contributed by atoms with Gasteiger partial charge in [-0.2, -0.15) is 0 Å². The molecule has 0 amide bonds. The van der Waals surface area contributed by atoms with E-state index in [1.54, 1.807) is 6.92 Å². The molecule has 102 valence electrons. The molecule has 0 heterocycles. The van der Waals surface area contributed by atoms with Gasteiger partial charge < -0.3 is 0 Å². The molecule has 4 nitrogen and oxygen atoms in total. The smallest absolute Gasteiger partial charge is 0.211 e. The molecule has 0 rings (SSSR count). The summed E-state index contributed by atoms with van der Waals surface area (Å²) in [6.45, 7) is 9.22. The average Bonchev–Trinajstić information content (AvgIpc) is 2.15. The average molecular weight is 263 g/mol. The predicted octanol–water partition coefficient (Wildman–Crippen LogP) is 1.96. The van der Waals surface area contributed by atoms with Gasteiger partial charge in [-0.3, -0.25) is 4.79 Å². The first-order valence-corrected chi connectivity index (χ1v) is 7.55. The van der Waals surface area contributed by atoms with E-state index < -0.39 is 20.9 Å². The number of carbonyl (C=O) groups is 1. The molecule has 0 aromatic rings. The highest BCUT2D eigenvalue weighted by atomic mass is 32.2. The first kappa shape index (κ1) is 16.6. The van der Waals surface area contributed by atoms with E-state index in [-0.39, 0.29) is 11.5 Å². The molecule has 0 aliphatic heterocycles. The molecule has 17 heavy (non-hydrogen) atoms. The van der Waals surface area contributed by atoms with Crippen LogP contribution < -0.4 is 4.72 Å². The van der Waals surface area contributed by atoms with Crippen molar-refractivity contribution >= 4 is 15.8 Å². The molecule has 0 aliphatic carbocycles. The summed E-state index contributed by atoms with van der Waals surface area (Å²) in [5.41, 5.74) is -0.856. The minimum Gasteiger partial charge on any atom is -0.299 e. The van der Waals surface area contributed by atoms with Crippen LogP contribution in [0.3, 0.4) is 0 Å². The summed E-state index contributed by atoms with van der Waals surface area (Å²) in [5.74, 6) is 0.161. The summed E-state index contributed by atoms with van der Waals surface area (Å²) in [7, 11) is -1.83. The van der Waals surface area contributed by atoms with Gasteiger partial charge in [0, 0.05) is 5.41 Å². The van der Waals surface area contributed by atoms with Crippen LogP contribution in [0.5, 0.6) is 0 Å². The molecule has 0 saturated carbocycles. The van der Waals surface area contributed by atoms with E-state index in [1.165, 1.54) is 7.05 Å². The Morgan fingerprint density at radius 2 is 1.71 bits per heavy atom. The van der Waals surface area contributed by atoms with E-state index in [9.17, 15) is 13.2 Å². The van der Waals surface area contributed by atoms with Crippen molar-refractivity contribution in [2.45, 2.75) is 47.5 Å². The fourth-order valence-electron chi connectivity index (χ4n) is 2.19. The van der Waals surface area contributed by atoms with Crippen molar-refractivity contribution in [3.63, 3.8) is 0 Å². The third-order valence-corrected chi connectivity index (χ3v) is 5.17. The molecular formula is C12H25NO3S. The zero-order valence-electron chi connectivity index (χ0n) is 11.8. The monoisotopic (exact) mass is 263 g/mol. The lowest BCUT2D eigenvalue weighted by molar-refractivity contribution is -0.127. The molecule has 0 fully saturated rings. The summed E-state index contributed by atoms with van der Waals surface area (Å²) in [6, 6.07) is 0. The van der Waals surface area contributed by atoms with Crippen molar-refractivity contribution in [3.05, 3.63) is 0 Å². The zero-order valence-corrected chi connectivity index (χ0v) is 12.6. The molecule has 0 saturated heterocycles. The molecule has 1 unspecified atom stereocenters. The van der Waals surface area contributed by atoms with Gasteiger partial charge in [-0.25, -0.2) is 13.1 Å². The number of sulfonamides is 1. The highest BCUT2D eigenvalue weighted by Gasteiger charge is 2.37. The molecule has 0 aromatic heterocycles. The predicted molar refractivity (Wildman–Crippen MR) is 70.3 cm³/mol. The van der Waals surface area contributed by atoms with Gasteiger partial charge in [0.25, 0.3) is 0 Å². The summed E-state index contributed by atoms with van der Waals surface area (Å²) >= 11 is 0. The van der Waals surface area contributed by atoms with Crippen LogP contribution in [0.15, 0.2) is 0 Å². The van der Waals surface area contributed by atoms with Gasteiger partial charge in [0.05, 0.1) is 5.75 Å². The van der Waals surface area contributed by atoms with Crippen molar-refractivity contribution in [2.24, 2.45) is 10.8 Å². The number of Topliss-reactive ketones (excluding diaryl/α,β-unsaturated/α-hetero) is 1. The summed E-state index contributed by atoms with van der Waals surface area (Å²) in [5, 5.41) is 0. The first-order chi connectivity index (χ1) is 7.48. The van der Waals surface area contributed by atoms with E-state index in [0.717, 1.165) is 6.42 Å². The van der Waals surface area contributed by atoms with Crippen LogP contribution in [-0.2, 0) is 14.8 Å². The molecule has 0 aliphatic rings. The van der Waals surface area contributed by atoms with Crippen molar-refractivity contribution in [2.75, 3.05) is 12.8 Å². The van der Waals surface area contributed by atoms with Gasteiger partial charge in [0.2, 0.25) is 10.0 Å². The lowest BCUT2D eigenvalue weighted by atomic mass is 9.71. The van der Waals surface area contributed by atoms with E-state index in [0.29, 0.717) is 6.42 Å². The summed E-state index contributed by atoms with van der Waals surface area (Å²) in [4.78, 5) is 11.6. The lowest BCUT2D eigenvalue weighted by Crippen LogP contribution is -2.37. The Morgan fingerprint density at radius 1 is 1.24 bits per heavy atom. The van der Waals surface area contributed by atoms with Gasteiger partial charge in [-0.1, -0.05) is 27.7 Å². The van der Waals surface area contributed by atoms with Gasteiger partial charge in [0.15, 0.2) is 0 Å². The van der Waals surface area contributed by atoms with E-state index >= 15 is 0 Å². The van der Waals surface area contributed by atoms with Gasteiger partial charge >= 0.3 is 0 Å². The maximum Gasteiger partial charge on any atom is 0.211 e. The molecule has 0 bridgehead atoms. The fraction of sp³-hybridized carbons (Fsp3) is 0.917. The number of nitrogens with one attached hydrogen (secondary N) is 1. The van der Waals surface area contributed by atoms with Crippen LogP contribution in [0.1, 0.15) is 47.5 Å². The SMILES string of the molecule is CCC(C)(CC(C)(C)CS(=O)(=O)NC)C(C)=O. The van der Waals surface area contributed by atoms with Crippen LogP contribution in [0.2, 0.25) is 0 Å². The Morgan fingerprint density at radius 3 is 2.00 bits per heavy atom. The topological polar surface area (TPSA) is 63.2 Å². The molecular weight excluding hydrogens is 238 g/mol. The van der Waals surface area contributed by atoms with Gasteiger partial charge in [0.1, 0.15) is 5.78 Å². The van der Waals surface area contributed by atoms with Gasteiger partial charge in [-0.15, -0.1) is 0 Å². The first-order valence-electron chi connectivity index (χ1n) is 5.90. The highest BCUT2D eigenvalue weighted by Crippen LogP contribution is 2.37. The summed E-state index contributed by atoms with van der Waals surface area (Å²) in [6.07, 6.45) is 1.30. The quantitative estimate of drug-likeness (QED) is 0.763. The number of ketones is 1. The number of rotatable bonds is 7. The Hall–Kier alpha value is -0.420. The normalized spacial score (nSPS) is 16.6. The fourth-order valence-corrected chi connectivity index (χ4v) is 3.47. The lowest BCUT2D eigenvalue weighted by Gasteiger charge is -2.35. The summed E-state index contributed by atoms with van der Waals surface area (Å²) < 4.78 is 25.4. The van der Waals surface area contributed by atoms with Crippen LogP contribution in [0, 0.1) is 10.8 Å². The molecule has 1 N–H and O–H groups in total. The van der Waals surface area contributed by atoms with Crippen LogP contribution in [0.4, 0.5) is 0 Å². The Bertz CT molecular complexity index is 373. The molecule has 0 radical (unpaired) electrons. The van der Waals surface area contributed by atoms with Crippen molar-refractivity contribution < 1.29 is 13.2 Å². The third-order valence-electron chi connectivity index (χ3n) is 3.39. The molecule has 0 spiro atoms. The van der Waals surface area contributed by atoms with Crippen LogP contribution in [-0.4, -0.2) is 27.0 Å². The van der Waals surface area contributed by atoms with E-state index in [1.807, 2.05) is 27.7 Å². The molecule has 5 heteroatoms. The van der Waals surface area contributed by atoms with E-state index in [4.69, 9.17) is 0 Å². The largest absolute Gasteiger partial charge is 0.299 e. The second-order valence-corrected chi connectivity index (χ2v) is 7.70. The van der Waals surface area contributed by atoms with Crippen molar-refractivity contribution in [1.29, 1.82) is 0 Å². The maximum absolute atomic E-state index is 11.6. The van der Waals surface area contributed by atoms with Gasteiger partial charge in [-0.05, 0) is 32.2 Å². The molecule has 0 aromatic carbocycles. The van der Waals surface area contributed by atoms with E-state index in [2.05, 4.69) is 4.72 Å². The van der Waals surface area contributed by atoms with Crippen LogP contribution in [0.25, 0.3) is 0 Å². The Balaban J connectivity index is 4.92. The second-order valence-electron chi connectivity index (χ2n) is 5.77. The standard InChI is InChI=1S/C12H25NO3S/c1-7-12(5,10(2)14)8-11(3,4)9-17(15,16)13-6/h13H,7-9H2,1-6H3. The zero-order chi connectivity index (χ0) is 13.9. The number of hydrogen-bond acceptors (Lipinski definition) is 3. The Kier molecular flexibility index (Phi) is 5.35. The number of carbonyl (C=O) groups excluding carboxylic acids is 1. The van der Waals surface area contributed by atoms with Crippen molar-refractivity contribution in [1.82, 2.24) is 4.72 Å². The minimum absolute atomic E-state index is 0.0410. The number of hydrogen-bond donors (Lipinski definition) is 1. The third kappa shape index (κ3) is 5.17.